The van der Waals surface area contributed by atoms with Gasteiger partial charge in [-0.1, -0.05) is 20.8 Å². The van der Waals surface area contributed by atoms with Gasteiger partial charge >= 0.3 is 12.4 Å². The van der Waals surface area contributed by atoms with Crippen molar-refractivity contribution in [3.8, 4) is 5.75 Å². The van der Waals surface area contributed by atoms with Crippen LogP contribution in [0.25, 0.3) is 0 Å². The number of methoxy groups -OCH3 is 1. The number of hydrogen-bond donors (Lipinski definition) is 0. The Labute approximate surface area is 134 Å². The molecule has 0 saturated heterocycles. The van der Waals surface area contributed by atoms with Gasteiger partial charge in [0.1, 0.15) is 11.6 Å². The fraction of sp³-hybridized carbons (Fsp3) is 0.600. The van der Waals surface area contributed by atoms with Gasteiger partial charge < -0.3 is 9.47 Å². The van der Waals surface area contributed by atoms with Crippen LogP contribution in [0, 0.1) is 11.2 Å². The van der Waals surface area contributed by atoms with Crippen LogP contribution in [-0.4, -0.2) is 25.1 Å². The number of benzene rings is 1. The molecule has 138 valence electrons. The summed E-state index contributed by atoms with van der Waals surface area (Å²) in [6.45, 7) is 1.20. The smallest absolute Gasteiger partial charge is 0.427 e. The molecule has 9 heteroatoms. The SMILES string of the molecule is COc1ccc(F)cc1COC(C(C)(C)C)(C(F)(F)F)C(F)(F)F. The van der Waals surface area contributed by atoms with Crippen LogP contribution in [0.5, 0.6) is 5.75 Å². The first kappa shape index (κ1) is 20.5. The summed E-state index contributed by atoms with van der Waals surface area (Å²) in [4.78, 5) is 0. The van der Waals surface area contributed by atoms with Crippen molar-refractivity contribution in [2.45, 2.75) is 45.3 Å². The summed E-state index contributed by atoms with van der Waals surface area (Å²) in [7, 11) is 1.15. The second-order valence-electron chi connectivity index (χ2n) is 6.17. The first-order valence-corrected chi connectivity index (χ1v) is 6.77. The molecule has 24 heavy (non-hydrogen) atoms. The normalized spacial score (nSPS) is 14.0. The summed E-state index contributed by atoms with van der Waals surface area (Å²) in [5.74, 6) is -0.918. The first-order chi connectivity index (χ1) is 10.7. The van der Waals surface area contributed by atoms with E-state index in [4.69, 9.17) is 4.74 Å². The van der Waals surface area contributed by atoms with Crippen molar-refractivity contribution < 1.29 is 40.2 Å². The largest absolute Gasteiger partial charge is 0.496 e. The Bertz CT molecular complexity index is 535. The van der Waals surface area contributed by atoms with Crippen LogP contribution >= 0.6 is 0 Å². The molecule has 0 aliphatic rings. The standard InChI is InChI=1S/C15H17F7O2/c1-12(2,3)13(14(17,18)19,15(20,21)22)24-8-9-7-10(16)5-6-11(9)23-4/h5-7H,8H2,1-4H3. The van der Waals surface area contributed by atoms with Crippen molar-refractivity contribution >= 4 is 0 Å². The molecule has 0 amide bonds. The molecule has 0 aliphatic carbocycles. The molecule has 1 rings (SSSR count). The predicted molar refractivity (Wildman–Crippen MR) is 72.0 cm³/mol. The van der Waals surface area contributed by atoms with Gasteiger partial charge in [-0.3, -0.25) is 0 Å². The topological polar surface area (TPSA) is 18.5 Å². The Kier molecular flexibility index (Phi) is 5.49. The number of ether oxygens (including phenoxy) is 2. The Morgan fingerprint density at radius 3 is 1.79 bits per heavy atom. The van der Waals surface area contributed by atoms with Crippen LogP contribution in [0.15, 0.2) is 18.2 Å². The van der Waals surface area contributed by atoms with Crippen molar-refractivity contribution in [1.82, 2.24) is 0 Å². The van der Waals surface area contributed by atoms with Gasteiger partial charge in [-0.15, -0.1) is 0 Å². The lowest BCUT2D eigenvalue weighted by molar-refractivity contribution is -0.413. The van der Waals surface area contributed by atoms with E-state index in [2.05, 4.69) is 4.74 Å². The molecule has 2 nitrogen and oxygen atoms in total. The molecule has 0 saturated carbocycles. The van der Waals surface area contributed by atoms with Gasteiger partial charge in [0.05, 0.1) is 13.7 Å². The molecular weight excluding hydrogens is 345 g/mol. The van der Waals surface area contributed by atoms with E-state index in [1.54, 1.807) is 0 Å². The van der Waals surface area contributed by atoms with Crippen LogP contribution in [0.2, 0.25) is 0 Å². The van der Waals surface area contributed by atoms with E-state index in [1.165, 1.54) is 0 Å². The van der Waals surface area contributed by atoms with Crippen LogP contribution < -0.4 is 4.74 Å². The highest BCUT2D eigenvalue weighted by Crippen LogP contribution is 2.55. The summed E-state index contributed by atoms with van der Waals surface area (Å²) < 4.78 is 103. The van der Waals surface area contributed by atoms with Crippen molar-refractivity contribution in [3.63, 3.8) is 0 Å². The summed E-state index contributed by atoms with van der Waals surface area (Å²) in [6, 6.07) is 2.82. The minimum Gasteiger partial charge on any atom is -0.496 e. The Hall–Kier alpha value is -1.51. The van der Waals surface area contributed by atoms with Gasteiger partial charge in [0.25, 0.3) is 5.60 Å². The second-order valence-corrected chi connectivity index (χ2v) is 6.17. The lowest BCUT2D eigenvalue weighted by Gasteiger charge is -2.45. The molecule has 1 aromatic carbocycles. The van der Waals surface area contributed by atoms with Gasteiger partial charge in [0.2, 0.25) is 0 Å². The van der Waals surface area contributed by atoms with Crippen molar-refractivity contribution in [2.75, 3.05) is 7.11 Å². The molecular formula is C15H17F7O2. The maximum absolute atomic E-state index is 13.4. The minimum absolute atomic E-state index is 0.0800. The van der Waals surface area contributed by atoms with Crippen LogP contribution in [0.4, 0.5) is 30.7 Å². The molecule has 0 aliphatic heterocycles. The molecule has 0 unspecified atom stereocenters. The molecule has 0 atom stereocenters. The van der Waals surface area contributed by atoms with E-state index in [-0.39, 0.29) is 11.3 Å². The number of halogens is 7. The molecule has 0 heterocycles. The quantitative estimate of drug-likeness (QED) is 0.680. The summed E-state index contributed by atoms with van der Waals surface area (Å²) in [5, 5.41) is 0. The number of rotatable bonds is 4. The van der Waals surface area contributed by atoms with Crippen molar-refractivity contribution in [1.29, 1.82) is 0 Å². The molecule has 1 aromatic rings. The summed E-state index contributed by atoms with van der Waals surface area (Å²) in [6.07, 6.45) is -11.5. The summed E-state index contributed by atoms with van der Waals surface area (Å²) in [5.41, 5.74) is -7.05. The molecule has 0 radical (unpaired) electrons. The maximum atomic E-state index is 13.4. The van der Waals surface area contributed by atoms with Gasteiger partial charge in [-0.2, -0.15) is 26.3 Å². The lowest BCUT2D eigenvalue weighted by atomic mass is 9.75. The first-order valence-electron chi connectivity index (χ1n) is 6.77. The van der Waals surface area contributed by atoms with Crippen molar-refractivity contribution in [2.24, 2.45) is 5.41 Å². The molecule has 0 bridgehead atoms. The van der Waals surface area contributed by atoms with E-state index < -0.39 is 35.8 Å². The van der Waals surface area contributed by atoms with Crippen LogP contribution in [0.3, 0.4) is 0 Å². The highest BCUT2D eigenvalue weighted by molar-refractivity contribution is 5.33. The summed E-state index contributed by atoms with van der Waals surface area (Å²) >= 11 is 0. The zero-order valence-corrected chi connectivity index (χ0v) is 13.4. The monoisotopic (exact) mass is 362 g/mol. The van der Waals surface area contributed by atoms with Gasteiger partial charge in [-0.25, -0.2) is 4.39 Å². The van der Waals surface area contributed by atoms with E-state index >= 15 is 0 Å². The van der Waals surface area contributed by atoms with Crippen molar-refractivity contribution in [3.05, 3.63) is 29.6 Å². The van der Waals surface area contributed by atoms with Crippen LogP contribution in [0.1, 0.15) is 26.3 Å². The van der Waals surface area contributed by atoms with E-state index in [0.717, 1.165) is 46.1 Å². The minimum atomic E-state index is -5.73. The fourth-order valence-electron chi connectivity index (χ4n) is 2.44. The third-order valence-corrected chi connectivity index (χ3v) is 3.54. The van der Waals surface area contributed by atoms with Crippen LogP contribution in [-0.2, 0) is 11.3 Å². The Morgan fingerprint density at radius 1 is 0.917 bits per heavy atom. The van der Waals surface area contributed by atoms with Gasteiger partial charge in [0, 0.05) is 11.0 Å². The zero-order chi connectivity index (χ0) is 19.0. The average Bonchev–Trinajstić information content (AvgIpc) is 2.34. The molecule has 0 fully saturated rings. The van der Waals surface area contributed by atoms with E-state index in [0.29, 0.717) is 0 Å². The highest BCUT2D eigenvalue weighted by Gasteiger charge is 2.77. The van der Waals surface area contributed by atoms with E-state index in [9.17, 15) is 30.7 Å². The molecule has 0 N–H and O–H groups in total. The third kappa shape index (κ3) is 3.60. The Balaban J connectivity index is 3.38. The molecule has 0 aromatic heterocycles. The highest BCUT2D eigenvalue weighted by atomic mass is 19.4. The molecule has 0 spiro atoms. The number of hydrogen-bond acceptors (Lipinski definition) is 2. The lowest BCUT2D eigenvalue weighted by Crippen LogP contribution is -2.66. The number of alkyl halides is 6. The maximum Gasteiger partial charge on any atom is 0.427 e. The fourth-order valence-corrected chi connectivity index (χ4v) is 2.44. The third-order valence-electron chi connectivity index (χ3n) is 3.54. The predicted octanol–water partition coefficient (Wildman–Crippen LogP) is 5.26. The average molecular weight is 362 g/mol. The van der Waals surface area contributed by atoms with E-state index in [1.807, 2.05) is 0 Å². The Morgan fingerprint density at radius 2 is 1.42 bits per heavy atom. The van der Waals surface area contributed by atoms with Gasteiger partial charge in [-0.05, 0) is 18.2 Å². The zero-order valence-electron chi connectivity index (χ0n) is 13.4. The van der Waals surface area contributed by atoms with Gasteiger partial charge in [0.15, 0.2) is 0 Å². The second kappa shape index (κ2) is 6.42.